The van der Waals surface area contributed by atoms with Gasteiger partial charge in [-0.2, -0.15) is 0 Å². The van der Waals surface area contributed by atoms with Crippen LogP contribution < -0.4 is 5.32 Å². The summed E-state index contributed by atoms with van der Waals surface area (Å²) in [4.78, 5) is 26.0. The van der Waals surface area contributed by atoms with Crippen molar-refractivity contribution in [3.63, 3.8) is 0 Å². The van der Waals surface area contributed by atoms with Crippen LogP contribution in [-0.4, -0.2) is 46.9 Å². The lowest BCUT2D eigenvalue weighted by atomic mass is 10.0. The molecule has 60 heavy (non-hydrogen) atoms. The number of hydrogen-bond donors (Lipinski definition) is 3. The van der Waals surface area contributed by atoms with Crippen LogP contribution in [0.2, 0.25) is 0 Å². The molecule has 3 unspecified atom stereocenters. The molecule has 0 aromatic rings. The fourth-order valence-electron chi connectivity index (χ4n) is 6.47. The normalized spacial score (nSPS) is 14.4. The maximum absolute atomic E-state index is 13.1. The van der Waals surface area contributed by atoms with Crippen molar-refractivity contribution in [2.45, 2.75) is 200 Å². The largest absolute Gasteiger partial charge is 0.461 e. The maximum Gasteiger partial charge on any atom is 0.306 e. The Morgan fingerprint density at radius 1 is 0.517 bits per heavy atom. The van der Waals surface area contributed by atoms with Crippen LogP contribution in [0.4, 0.5) is 0 Å². The van der Waals surface area contributed by atoms with Crippen molar-refractivity contribution < 1.29 is 24.5 Å². The van der Waals surface area contributed by atoms with Crippen molar-refractivity contribution in [2.75, 3.05) is 6.61 Å². The van der Waals surface area contributed by atoms with Gasteiger partial charge in [0, 0.05) is 12.8 Å². The molecule has 0 rings (SSSR count). The predicted octanol–water partition coefficient (Wildman–Crippen LogP) is 14.1. The minimum Gasteiger partial charge on any atom is -0.461 e. The number of rotatable bonds is 40. The lowest BCUT2D eigenvalue weighted by Crippen LogP contribution is -2.46. The number of carbonyl (C=O) groups excluding carboxylic acids is 2. The van der Waals surface area contributed by atoms with E-state index in [9.17, 15) is 19.8 Å². The van der Waals surface area contributed by atoms with Gasteiger partial charge in [0.2, 0.25) is 5.91 Å². The van der Waals surface area contributed by atoms with E-state index in [1.807, 2.05) is 103 Å². The zero-order chi connectivity index (χ0) is 43.8. The molecular formula is C54H87NO5. The van der Waals surface area contributed by atoms with E-state index in [2.05, 4.69) is 44.3 Å². The molecule has 0 bridgehead atoms. The minimum atomic E-state index is -0.833. The Balaban J connectivity index is 4.76. The average Bonchev–Trinajstić information content (AvgIpc) is 3.24. The number of nitrogens with one attached hydrogen (secondary N) is 1. The van der Waals surface area contributed by atoms with Crippen LogP contribution in [0.25, 0.3) is 0 Å². The fourth-order valence-corrected chi connectivity index (χ4v) is 6.47. The lowest BCUT2D eigenvalue weighted by Gasteiger charge is -2.24. The van der Waals surface area contributed by atoms with Crippen molar-refractivity contribution in [3.8, 4) is 0 Å². The van der Waals surface area contributed by atoms with Gasteiger partial charge in [-0.1, -0.05) is 245 Å². The molecule has 338 valence electrons. The summed E-state index contributed by atoms with van der Waals surface area (Å²) in [5, 5.41) is 23.6. The molecule has 0 fully saturated rings. The van der Waals surface area contributed by atoms with E-state index in [-0.39, 0.29) is 24.9 Å². The number of amides is 1. The van der Waals surface area contributed by atoms with E-state index >= 15 is 0 Å². The van der Waals surface area contributed by atoms with Crippen molar-refractivity contribution in [1.82, 2.24) is 5.32 Å². The number of esters is 1. The van der Waals surface area contributed by atoms with Crippen LogP contribution in [0.3, 0.4) is 0 Å². The van der Waals surface area contributed by atoms with Gasteiger partial charge in [0.1, 0.15) is 6.10 Å². The molecule has 6 nitrogen and oxygen atoms in total. The van der Waals surface area contributed by atoms with E-state index in [4.69, 9.17) is 4.74 Å². The highest BCUT2D eigenvalue weighted by molar-refractivity contribution is 5.77. The van der Waals surface area contributed by atoms with Gasteiger partial charge < -0.3 is 20.3 Å². The van der Waals surface area contributed by atoms with Gasteiger partial charge in [-0.25, -0.2) is 0 Å². The Labute approximate surface area is 368 Å². The zero-order valence-corrected chi connectivity index (χ0v) is 38.3. The third-order valence-electron chi connectivity index (χ3n) is 10.0. The number of ether oxygens (including phenoxy) is 1. The molecule has 0 aliphatic rings. The quantitative estimate of drug-likeness (QED) is 0.0325. The second kappa shape index (κ2) is 46.3. The molecule has 3 atom stereocenters. The van der Waals surface area contributed by atoms with Crippen molar-refractivity contribution in [3.05, 3.63) is 122 Å². The first kappa shape index (κ1) is 56.3. The third kappa shape index (κ3) is 41.0. The highest BCUT2D eigenvalue weighted by Crippen LogP contribution is 2.16. The summed E-state index contributed by atoms with van der Waals surface area (Å²) >= 11 is 0. The summed E-state index contributed by atoms with van der Waals surface area (Å²) in [5.41, 5.74) is 0. The van der Waals surface area contributed by atoms with Crippen LogP contribution >= 0.6 is 0 Å². The SMILES string of the molecule is CC/C=C/C=C/C=C\C=C/C=C/CCCCCC(=O)OC(C/C=C/C=C\C=C/C=C/C=C/CC)CC(=O)NC(CO)C(O)CCCCCCCCCCCCCCCCC. The monoisotopic (exact) mass is 830 g/mol. The highest BCUT2D eigenvalue weighted by atomic mass is 16.5. The molecule has 0 aromatic heterocycles. The summed E-state index contributed by atoms with van der Waals surface area (Å²) in [6.45, 7) is 6.12. The first-order chi connectivity index (χ1) is 29.5. The number of aliphatic hydroxyl groups is 2. The summed E-state index contributed by atoms with van der Waals surface area (Å²) in [6.07, 6.45) is 64.2. The number of hydrogen-bond acceptors (Lipinski definition) is 5. The Hall–Kier alpha value is -3.74. The summed E-state index contributed by atoms with van der Waals surface area (Å²) in [7, 11) is 0. The van der Waals surface area contributed by atoms with Gasteiger partial charge in [-0.3, -0.25) is 9.59 Å². The van der Waals surface area contributed by atoms with Gasteiger partial charge in [0.05, 0.1) is 25.2 Å². The van der Waals surface area contributed by atoms with E-state index < -0.39 is 18.2 Å². The highest BCUT2D eigenvalue weighted by Gasteiger charge is 2.23. The molecule has 0 radical (unpaired) electrons. The molecule has 0 aliphatic heterocycles. The van der Waals surface area contributed by atoms with E-state index in [1.165, 1.54) is 77.0 Å². The molecule has 6 heteroatoms. The molecule has 0 aliphatic carbocycles. The smallest absolute Gasteiger partial charge is 0.306 e. The topological polar surface area (TPSA) is 95.9 Å². The van der Waals surface area contributed by atoms with Crippen LogP contribution in [-0.2, 0) is 14.3 Å². The summed E-state index contributed by atoms with van der Waals surface area (Å²) in [6, 6.07) is -0.756. The van der Waals surface area contributed by atoms with Crippen LogP contribution in [0.5, 0.6) is 0 Å². The van der Waals surface area contributed by atoms with Crippen LogP contribution in [0, 0.1) is 0 Å². The zero-order valence-electron chi connectivity index (χ0n) is 38.3. The molecule has 0 saturated heterocycles. The van der Waals surface area contributed by atoms with Gasteiger partial charge in [-0.15, -0.1) is 0 Å². The second-order valence-electron chi connectivity index (χ2n) is 15.7. The molecular weight excluding hydrogens is 743 g/mol. The minimum absolute atomic E-state index is 0.0440. The van der Waals surface area contributed by atoms with Gasteiger partial charge in [0.15, 0.2) is 0 Å². The summed E-state index contributed by atoms with van der Waals surface area (Å²) in [5.74, 6) is -0.671. The number of allylic oxidation sites excluding steroid dienone is 19. The Morgan fingerprint density at radius 2 is 0.933 bits per heavy atom. The Bertz CT molecular complexity index is 1300. The molecule has 0 heterocycles. The van der Waals surface area contributed by atoms with Crippen LogP contribution in [0.1, 0.15) is 181 Å². The van der Waals surface area contributed by atoms with Gasteiger partial charge in [0.25, 0.3) is 0 Å². The van der Waals surface area contributed by atoms with Gasteiger partial charge >= 0.3 is 5.97 Å². The maximum atomic E-state index is 13.1. The Morgan fingerprint density at radius 3 is 1.40 bits per heavy atom. The van der Waals surface area contributed by atoms with Crippen molar-refractivity contribution >= 4 is 11.9 Å². The first-order valence-corrected chi connectivity index (χ1v) is 23.9. The lowest BCUT2D eigenvalue weighted by molar-refractivity contribution is -0.150. The van der Waals surface area contributed by atoms with Crippen molar-refractivity contribution in [2.24, 2.45) is 0 Å². The summed E-state index contributed by atoms with van der Waals surface area (Å²) < 4.78 is 5.80. The first-order valence-electron chi connectivity index (χ1n) is 23.9. The second-order valence-corrected chi connectivity index (χ2v) is 15.7. The predicted molar refractivity (Wildman–Crippen MR) is 259 cm³/mol. The van der Waals surface area contributed by atoms with Crippen LogP contribution in [0.15, 0.2) is 122 Å². The molecule has 1 amide bonds. The van der Waals surface area contributed by atoms with E-state index in [1.54, 1.807) is 0 Å². The Kier molecular flexibility index (Phi) is 43.4. The standard InChI is InChI=1S/C54H87NO5/c1-4-7-10-13-16-19-22-24-26-28-31-34-37-40-43-46-52(57)51(49-56)55-53(58)48-50(45-42-39-36-33-30-21-18-15-12-9-6-3)60-54(59)47-44-41-38-35-32-29-27-25-23-20-17-14-11-8-5-2/h8-9,11-12,14-15,17-18,20-21,23,25,27,29-30,32-33,36,39,42,50-52,56-57H,4-7,10,13,16,19,22,24,26,28,31,34-35,37-38,40-41,43-49H2,1-3H3,(H,55,58)/b11-8+,12-9+,17-14+,18-15+,23-20-,27-25-,30-21-,32-29+,36-33-,42-39+. The average molecular weight is 830 g/mol. The molecule has 0 saturated carbocycles. The molecule has 0 aromatic carbocycles. The van der Waals surface area contributed by atoms with Gasteiger partial charge in [-0.05, 0) is 38.5 Å². The molecule has 0 spiro atoms. The fraction of sp³-hybridized carbons (Fsp3) is 0.593. The molecule has 3 N–H and O–H groups in total. The van der Waals surface area contributed by atoms with E-state index in [0.29, 0.717) is 25.7 Å². The third-order valence-corrected chi connectivity index (χ3v) is 10.0. The number of aliphatic hydroxyl groups excluding tert-OH is 2. The van der Waals surface area contributed by atoms with E-state index in [0.717, 1.165) is 51.4 Å². The number of unbranched alkanes of at least 4 members (excludes halogenated alkanes) is 17. The number of carbonyl (C=O) groups is 2. The van der Waals surface area contributed by atoms with Crippen molar-refractivity contribution in [1.29, 1.82) is 0 Å².